The van der Waals surface area contributed by atoms with Crippen molar-refractivity contribution in [2.75, 3.05) is 11.1 Å². The average Bonchev–Trinajstić information content (AvgIpc) is 3.10. The number of aromatic nitrogens is 5. The average molecular weight is 364 g/mol. The van der Waals surface area contributed by atoms with Gasteiger partial charge in [-0.15, -0.1) is 21.5 Å². The Morgan fingerprint density at radius 1 is 1.46 bits per heavy atom. The van der Waals surface area contributed by atoms with Gasteiger partial charge in [0.15, 0.2) is 10.3 Å². The third kappa shape index (κ3) is 3.49. The Balaban J connectivity index is 1.78. The summed E-state index contributed by atoms with van der Waals surface area (Å²) in [5, 5.41) is 13.8. The molecule has 0 aliphatic heterocycles. The molecule has 0 aliphatic rings. The molecular formula is C14H16N6O2S2. The zero-order valence-corrected chi connectivity index (χ0v) is 15.0. The molecule has 0 atom stereocenters. The molecule has 3 aromatic rings. The van der Waals surface area contributed by atoms with E-state index in [4.69, 9.17) is 0 Å². The summed E-state index contributed by atoms with van der Waals surface area (Å²) >= 11 is 2.65. The summed E-state index contributed by atoms with van der Waals surface area (Å²) in [6.45, 7) is 5.85. The molecular weight excluding hydrogens is 348 g/mol. The number of hydrogen-bond donors (Lipinski definition) is 2. The Kier molecular flexibility index (Phi) is 4.67. The monoisotopic (exact) mass is 364 g/mol. The third-order valence-electron chi connectivity index (χ3n) is 3.19. The van der Waals surface area contributed by atoms with Crippen LogP contribution in [0.5, 0.6) is 0 Å². The Hall–Kier alpha value is -2.20. The Morgan fingerprint density at radius 3 is 2.92 bits per heavy atom. The maximum absolute atomic E-state index is 12.0. The van der Waals surface area contributed by atoms with Crippen LogP contribution in [0.15, 0.2) is 21.4 Å². The first-order valence-electron chi connectivity index (χ1n) is 7.27. The van der Waals surface area contributed by atoms with E-state index < -0.39 is 0 Å². The summed E-state index contributed by atoms with van der Waals surface area (Å²) in [6, 6.07) is 1.53. The van der Waals surface area contributed by atoms with Gasteiger partial charge in [0.05, 0.1) is 11.4 Å². The van der Waals surface area contributed by atoms with Gasteiger partial charge in [0.25, 0.3) is 5.56 Å². The second-order valence-electron chi connectivity index (χ2n) is 5.49. The number of hydrogen-bond acceptors (Lipinski definition) is 7. The lowest BCUT2D eigenvalue weighted by Crippen LogP contribution is -2.15. The van der Waals surface area contributed by atoms with E-state index in [9.17, 15) is 9.59 Å². The zero-order chi connectivity index (χ0) is 17.3. The predicted octanol–water partition coefficient (Wildman–Crippen LogP) is 2.04. The van der Waals surface area contributed by atoms with E-state index in [1.165, 1.54) is 29.2 Å². The van der Waals surface area contributed by atoms with Crippen LogP contribution >= 0.6 is 23.1 Å². The van der Waals surface area contributed by atoms with E-state index in [0.29, 0.717) is 16.1 Å². The molecule has 126 valence electrons. The molecule has 0 aliphatic carbocycles. The second-order valence-corrected chi connectivity index (χ2v) is 7.29. The summed E-state index contributed by atoms with van der Waals surface area (Å²) in [5.41, 5.74) is 1.46. The van der Waals surface area contributed by atoms with Crippen LogP contribution in [0.4, 0.5) is 5.13 Å². The molecule has 3 aromatic heterocycles. The summed E-state index contributed by atoms with van der Waals surface area (Å²) in [5.74, 6) is 0.513. The molecule has 10 heteroatoms. The lowest BCUT2D eigenvalue weighted by atomic mass is 10.1. The number of thiazole rings is 1. The van der Waals surface area contributed by atoms with E-state index in [2.05, 4.69) is 25.5 Å². The van der Waals surface area contributed by atoms with Crippen molar-refractivity contribution in [3.05, 3.63) is 33.2 Å². The van der Waals surface area contributed by atoms with Crippen LogP contribution in [0, 0.1) is 6.92 Å². The molecule has 3 rings (SSSR count). The largest absolute Gasteiger partial charge is 0.301 e. The number of fused-ring (bicyclic) bond motifs is 1. The summed E-state index contributed by atoms with van der Waals surface area (Å²) in [4.78, 5) is 30.6. The van der Waals surface area contributed by atoms with Gasteiger partial charge in [0.2, 0.25) is 11.7 Å². The van der Waals surface area contributed by atoms with Crippen molar-refractivity contribution in [2.45, 2.75) is 31.8 Å². The maximum atomic E-state index is 12.0. The second kappa shape index (κ2) is 6.73. The van der Waals surface area contributed by atoms with Crippen molar-refractivity contribution in [3.8, 4) is 0 Å². The fraction of sp³-hybridized carbons (Fsp3) is 0.357. The van der Waals surface area contributed by atoms with Crippen molar-refractivity contribution < 1.29 is 4.79 Å². The smallest absolute Gasteiger partial charge is 0.252 e. The molecule has 3 heterocycles. The van der Waals surface area contributed by atoms with Crippen molar-refractivity contribution in [2.24, 2.45) is 0 Å². The minimum absolute atomic E-state index is 0.122. The number of thioether (sulfide) groups is 1. The van der Waals surface area contributed by atoms with Gasteiger partial charge in [-0.25, -0.2) is 4.98 Å². The quantitative estimate of drug-likeness (QED) is 0.671. The van der Waals surface area contributed by atoms with Gasteiger partial charge in [0, 0.05) is 17.1 Å². The van der Waals surface area contributed by atoms with Crippen LogP contribution in [0.25, 0.3) is 5.78 Å². The molecule has 0 saturated heterocycles. The van der Waals surface area contributed by atoms with Gasteiger partial charge < -0.3 is 5.32 Å². The number of rotatable bonds is 5. The molecule has 0 fully saturated rings. The molecule has 0 aromatic carbocycles. The maximum Gasteiger partial charge on any atom is 0.252 e. The minimum Gasteiger partial charge on any atom is -0.301 e. The Morgan fingerprint density at radius 2 is 2.25 bits per heavy atom. The van der Waals surface area contributed by atoms with Gasteiger partial charge in [-0.3, -0.25) is 19.0 Å². The number of aryl methyl sites for hydroxylation is 1. The lowest BCUT2D eigenvalue weighted by molar-refractivity contribution is -0.113. The van der Waals surface area contributed by atoms with Gasteiger partial charge in [-0.05, 0) is 12.8 Å². The highest BCUT2D eigenvalue weighted by molar-refractivity contribution is 7.99. The highest BCUT2D eigenvalue weighted by atomic mass is 32.2. The van der Waals surface area contributed by atoms with Crippen LogP contribution < -0.4 is 10.9 Å². The minimum atomic E-state index is -0.216. The van der Waals surface area contributed by atoms with Crippen molar-refractivity contribution in [1.82, 2.24) is 24.6 Å². The summed E-state index contributed by atoms with van der Waals surface area (Å²) in [7, 11) is 0. The Labute approximate surface area is 145 Å². The molecule has 0 spiro atoms. The number of H-pyrrole nitrogens is 1. The molecule has 1 amide bonds. The highest BCUT2D eigenvalue weighted by Crippen LogP contribution is 2.22. The molecule has 0 radical (unpaired) electrons. The van der Waals surface area contributed by atoms with Crippen molar-refractivity contribution >= 4 is 39.9 Å². The first-order valence-corrected chi connectivity index (χ1v) is 9.13. The molecule has 8 nitrogen and oxygen atoms in total. The first kappa shape index (κ1) is 16.7. The SMILES string of the molecule is Cc1csc(NC(=O)CSc2nnc3[nH]c(=O)cc(C(C)C)n23)n1. The highest BCUT2D eigenvalue weighted by Gasteiger charge is 2.15. The molecule has 2 N–H and O–H groups in total. The molecule has 24 heavy (non-hydrogen) atoms. The first-order chi connectivity index (χ1) is 11.4. The predicted molar refractivity (Wildman–Crippen MR) is 93.9 cm³/mol. The van der Waals surface area contributed by atoms with Crippen LogP contribution in [-0.2, 0) is 4.79 Å². The summed E-state index contributed by atoms with van der Waals surface area (Å²) in [6.07, 6.45) is 0. The number of carbonyl (C=O) groups is 1. The van der Waals surface area contributed by atoms with Crippen LogP contribution in [0.2, 0.25) is 0 Å². The van der Waals surface area contributed by atoms with E-state index in [1.54, 1.807) is 4.40 Å². The van der Waals surface area contributed by atoms with Gasteiger partial charge >= 0.3 is 0 Å². The molecule has 0 bridgehead atoms. The molecule has 0 saturated carbocycles. The van der Waals surface area contributed by atoms with Crippen molar-refractivity contribution in [1.29, 1.82) is 0 Å². The number of carbonyl (C=O) groups excluding carboxylic acids is 1. The standard InChI is InChI=1S/C14H16N6O2S2/c1-7(2)9-4-10(21)16-12-18-19-14(20(9)12)24-6-11(22)17-13-15-8(3)5-23-13/h4-5,7H,6H2,1-3H3,(H,15,17,22)(H,16,18,21). The number of aromatic amines is 1. The lowest BCUT2D eigenvalue weighted by Gasteiger charge is -2.09. The topological polar surface area (TPSA) is 105 Å². The van der Waals surface area contributed by atoms with Crippen LogP contribution in [-0.4, -0.2) is 36.2 Å². The van der Waals surface area contributed by atoms with Gasteiger partial charge in [-0.2, -0.15) is 0 Å². The van der Waals surface area contributed by atoms with E-state index in [0.717, 1.165) is 11.4 Å². The van der Waals surface area contributed by atoms with E-state index in [-0.39, 0.29) is 23.1 Å². The number of nitrogens with zero attached hydrogens (tertiary/aromatic N) is 4. The van der Waals surface area contributed by atoms with Gasteiger partial charge in [0.1, 0.15) is 0 Å². The fourth-order valence-corrected chi connectivity index (χ4v) is 3.60. The van der Waals surface area contributed by atoms with Crippen LogP contribution in [0.3, 0.4) is 0 Å². The van der Waals surface area contributed by atoms with Crippen LogP contribution in [0.1, 0.15) is 31.2 Å². The number of amides is 1. The Bertz CT molecular complexity index is 942. The van der Waals surface area contributed by atoms with Crippen molar-refractivity contribution in [3.63, 3.8) is 0 Å². The van der Waals surface area contributed by atoms with Gasteiger partial charge in [-0.1, -0.05) is 25.6 Å². The number of anilines is 1. The summed E-state index contributed by atoms with van der Waals surface area (Å²) < 4.78 is 1.78. The number of nitrogens with one attached hydrogen (secondary N) is 2. The fourth-order valence-electron chi connectivity index (χ4n) is 2.14. The third-order valence-corrected chi connectivity index (χ3v) is 5.00. The van der Waals surface area contributed by atoms with E-state index in [1.807, 2.05) is 26.2 Å². The molecule has 0 unspecified atom stereocenters. The normalized spacial score (nSPS) is 11.3. The van der Waals surface area contributed by atoms with E-state index >= 15 is 0 Å². The zero-order valence-electron chi connectivity index (χ0n) is 13.4.